The monoisotopic (exact) mass is 406 g/mol. The summed E-state index contributed by atoms with van der Waals surface area (Å²) < 4.78 is 45.4. The summed E-state index contributed by atoms with van der Waals surface area (Å²) in [5, 5.41) is 0. The van der Waals surface area contributed by atoms with Gasteiger partial charge in [-0.15, -0.1) is 0 Å². The van der Waals surface area contributed by atoms with E-state index in [2.05, 4.69) is 4.72 Å². The van der Waals surface area contributed by atoms with Crippen LogP contribution < -0.4 is 4.72 Å². The van der Waals surface area contributed by atoms with Gasteiger partial charge in [0, 0.05) is 25.7 Å². The number of benzene rings is 1. The lowest BCUT2D eigenvalue weighted by Gasteiger charge is -2.31. The number of halogens is 1. The maximum absolute atomic E-state index is 13.2. The standard InChI is InChI=1S/C20H23FN2O4S/c21-18-4-1-3-17(13-18)15-28(25,26)22-14-16-8-10-23(11-9-16)20(24)7-6-19-5-2-12-27-19/h1-7,12-13,16,22H,8-11,14-15H2/b7-6+. The molecule has 0 atom stereocenters. The van der Waals surface area contributed by atoms with Gasteiger partial charge in [-0.3, -0.25) is 4.79 Å². The first kappa shape index (κ1) is 20.3. The molecule has 1 aromatic carbocycles. The topological polar surface area (TPSA) is 79.6 Å². The molecule has 1 fully saturated rings. The summed E-state index contributed by atoms with van der Waals surface area (Å²) >= 11 is 0. The van der Waals surface area contributed by atoms with Gasteiger partial charge in [0.15, 0.2) is 0 Å². The number of sulfonamides is 1. The Kier molecular flexibility index (Phi) is 6.64. The molecular formula is C20H23FN2O4S. The Morgan fingerprint density at radius 1 is 1.25 bits per heavy atom. The van der Waals surface area contributed by atoms with Gasteiger partial charge in [0.25, 0.3) is 0 Å². The largest absolute Gasteiger partial charge is 0.465 e. The van der Waals surface area contributed by atoms with Crippen molar-refractivity contribution in [2.24, 2.45) is 5.92 Å². The van der Waals surface area contributed by atoms with Gasteiger partial charge < -0.3 is 9.32 Å². The second-order valence-electron chi connectivity index (χ2n) is 6.85. The number of rotatable bonds is 7. The summed E-state index contributed by atoms with van der Waals surface area (Å²) in [6.45, 7) is 1.48. The van der Waals surface area contributed by atoms with Gasteiger partial charge in [-0.2, -0.15) is 0 Å². The zero-order valence-electron chi connectivity index (χ0n) is 15.4. The molecule has 1 aromatic heterocycles. The maximum atomic E-state index is 13.2. The molecule has 0 bridgehead atoms. The first-order valence-corrected chi connectivity index (χ1v) is 10.8. The Hall–Kier alpha value is -2.45. The highest BCUT2D eigenvalue weighted by molar-refractivity contribution is 7.88. The highest BCUT2D eigenvalue weighted by Gasteiger charge is 2.23. The van der Waals surface area contributed by atoms with E-state index in [4.69, 9.17) is 4.42 Å². The zero-order valence-corrected chi connectivity index (χ0v) is 16.2. The minimum Gasteiger partial charge on any atom is -0.465 e. The fraction of sp³-hybridized carbons (Fsp3) is 0.350. The lowest BCUT2D eigenvalue weighted by molar-refractivity contribution is -0.127. The molecule has 1 aliphatic heterocycles. The van der Waals surface area contributed by atoms with E-state index in [1.54, 1.807) is 35.4 Å². The van der Waals surface area contributed by atoms with Crippen molar-refractivity contribution in [2.75, 3.05) is 19.6 Å². The van der Waals surface area contributed by atoms with E-state index in [0.29, 0.717) is 31.0 Å². The Morgan fingerprint density at radius 3 is 2.71 bits per heavy atom. The van der Waals surface area contributed by atoms with Gasteiger partial charge in [0.2, 0.25) is 15.9 Å². The number of nitrogens with zero attached hydrogens (tertiary/aromatic N) is 1. The summed E-state index contributed by atoms with van der Waals surface area (Å²) in [5.41, 5.74) is 0.413. The molecule has 0 aliphatic carbocycles. The quantitative estimate of drug-likeness (QED) is 0.717. The number of likely N-dealkylation sites (tertiary alicyclic amines) is 1. The van der Waals surface area contributed by atoms with E-state index in [-0.39, 0.29) is 17.6 Å². The summed E-state index contributed by atoms with van der Waals surface area (Å²) in [6, 6.07) is 9.11. The molecule has 1 amide bonds. The zero-order chi connectivity index (χ0) is 20.0. The van der Waals surface area contributed by atoms with Crippen LogP contribution in [-0.2, 0) is 20.6 Å². The fourth-order valence-electron chi connectivity index (χ4n) is 3.14. The van der Waals surface area contributed by atoms with E-state index < -0.39 is 15.8 Å². The number of amides is 1. The van der Waals surface area contributed by atoms with Crippen molar-refractivity contribution in [3.05, 3.63) is 65.9 Å². The van der Waals surface area contributed by atoms with Crippen LogP contribution in [0.25, 0.3) is 6.08 Å². The summed E-state index contributed by atoms with van der Waals surface area (Å²) in [6.07, 6.45) is 6.12. The third-order valence-corrected chi connectivity index (χ3v) is 6.02. The molecule has 8 heteroatoms. The smallest absolute Gasteiger partial charge is 0.246 e. The van der Waals surface area contributed by atoms with Crippen molar-refractivity contribution in [1.82, 2.24) is 9.62 Å². The first-order valence-electron chi connectivity index (χ1n) is 9.13. The van der Waals surface area contributed by atoms with Crippen molar-refractivity contribution in [2.45, 2.75) is 18.6 Å². The van der Waals surface area contributed by atoms with Crippen LogP contribution in [0.2, 0.25) is 0 Å². The minimum absolute atomic E-state index is 0.0819. The third-order valence-electron chi connectivity index (χ3n) is 4.70. The highest BCUT2D eigenvalue weighted by Crippen LogP contribution is 2.18. The average Bonchev–Trinajstić information content (AvgIpc) is 3.18. The van der Waals surface area contributed by atoms with Crippen LogP contribution in [0.1, 0.15) is 24.2 Å². The average molecular weight is 406 g/mol. The normalized spacial score (nSPS) is 16.0. The molecular weight excluding hydrogens is 383 g/mol. The molecule has 6 nitrogen and oxygen atoms in total. The van der Waals surface area contributed by atoms with E-state index in [1.165, 1.54) is 24.3 Å². The summed E-state index contributed by atoms with van der Waals surface area (Å²) in [5.74, 6) is 0.00309. The maximum Gasteiger partial charge on any atom is 0.246 e. The predicted molar refractivity (Wildman–Crippen MR) is 104 cm³/mol. The molecule has 1 N–H and O–H groups in total. The Labute approximate surface area is 164 Å². The van der Waals surface area contributed by atoms with Gasteiger partial charge in [-0.25, -0.2) is 17.5 Å². The lowest BCUT2D eigenvalue weighted by Crippen LogP contribution is -2.41. The summed E-state index contributed by atoms with van der Waals surface area (Å²) in [4.78, 5) is 14.0. The number of carbonyl (C=O) groups excluding carboxylic acids is 1. The van der Waals surface area contributed by atoms with Gasteiger partial charge >= 0.3 is 0 Å². The Bertz CT molecular complexity index is 917. The fourth-order valence-corrected chi connectivity index (χ4v) is 4.35. The second-order valence-corrected chi connectivity index (χ2v) is 8.66. The SMILES string of the molecule is O=C(/C=C/c1ccco1)N1CCC(CNS(=O)(=O)Cc2cccc(F)c2)CC1. The molecule has 0 spiro atoms. The number of carbonyl (C=O) groups is 1. The van der Waals surface area contributed by atoms with Crippen LogP contribution in [0, 0.1) is 11.7 Å². The van der Waals surface area contributed by atoms with Crippen molar-refractivity contribution in [1.29, 1.82) is 0 Å². The van der Waals surface area contributed by atoms with Crippen LogP contribution in [-0.4, -0.2) is 38.9 Å². The molecule has 0 radical (unpaired) electrons. The third kappa shape index (κ3) is 6.03. The van der Waals surface area contributed by atoms with Gasteiger partial charge in [0.05, 0.1) is 12.0 Å². The van der Waals surface area contributed by atoms with Crippen molar-refractivity contribution in [3.63, 3.8) is 0 Å². The molecule has 2 heterocycles. The van der Waals surface area contributed by atoms with Crippen molar-refractivity contribution >= 4 is 22.0 Å². The van der Waals surface area contributed by atoms with Crippen molar-refractivity contribution < 1.29 is 22.0 Å². The van der Waals surface area contributed by atoms with Crippen LogP contribution in [0.3, 0.4) is 0 Å². The van der Waals surface area contributed by atoms with E-state index in [9.17, 15) is 17.6 Å². The molecule has 1 aliphatic rings. The molecule has 0 unspecified atom stereocenters. The van der Waals surface area contributed by atoms with Crippen LogP contribution in [0.4, 0.5) is 4.39 Å². The van der Waals surface area contributed by atoms with E-state index in [0.717, 1.165) is 12.8 Å². The molecule has 150 valence electrons. The first-order chi connectivity index (χ1) is 13.4. The number of nitrogens with one attached hydrogen (secondary N) is 1. The Balaban J connectivity index is 1.43. The minimum atomic E-state index is -3.53. The molecule has 3 rings (SSSR count). The molecule has 28 heavy (non-hydrogen) atoms. The number of hydrogen-bond acceptors (Lipinski definition) is 4. The van der Waals surface area contributed by atoms with Crippen molar-refractivity contribution in [3.8, 4) is 0 Å². The predicted octanol–water partition coefficient (Wildman–Crippen LogP) is 2.79. The second kappa shape index (κ2) is 9.16. The number of piperidine rings is 1. The molecule has 0 saturated carbocycles. The van der Waals surface area contributed by atoms with Crippen LogP contribution in [0.15, 0.2) is 53.2 Å². The molecule has 1 saturated heterocycles. The van der Waals surface area contributed by atoms with Gasteiger partial charge in [-0.1, -0.05) is 12.1 Å². The summed E-state index contributed by atoms with van der Waals surface area (Å²) in [7, 11) is -3.53. The van der Waals surface area contributed by atoms with Crippen LogP contribution >= 0.6 is 0 Å². The lowest BCUT2D eigenvalue weighted by atomic mass is 9.97. The van der Waals surface area contributed by atoms with Gasteiger partial charge in [-0.05, 0) is 54.7 Å². The Morgan fingerprint density at radius 2 is 2.04 bits per heavy atom. The highest BCUT2D eigenvalue weighted by atomic mass is 32.2. The number of hydrogen-bond donors (Lipinski definition) is 1. The van der Waals surface area contributed by atoms with E-state index >= 15 is 0 Å². The van der Waals surface area contributed by atoms with Gasteiger partial charge in [0.1, 0.15) is 11.6 Å². The van der Waals surface area contributed by atoms with Crippen LogP contribution in [0.5, 0.6) is 0 Å². The molecule has 2 aromatic rings. The number of furan rings is 1. The van der Waals surface area contributed by atoms with E-state index in [1.807, 2.05) is 0 Å².